The first-order valence-corrected chi connectivity index (χ1v) is 8.80. The fourth-order valence-corrected chi connectivity index (χ4v) is 3.13. The molecule has 1 aromatic carbocycles. The zero-order chi connectivity index (χ0) is 17.9. The Kier molecular flexibility index (Phi) is 4.87. The number of aromatic nitrogens is 1. The van der Waals surface area contributed by atoms with Gasteiger partial charge in [-0.25, -0.2) is 4.98 Å². The normalized spacial score (nSPS) is 18.1. The molecule has 4 rings (SSSR count). The molecule has 0 spiro atoms. The first kappa shape index (κ1) is 17.0. The average molecular weight is 378 g/mol. The summed E-state index contributed by atoms with van der Waals surface area (Å²) in [5.41, 5.74) is 15.9. The second-order valence-electron chi connectivity index (χ2n) is 6.13. The number of rotatable bonds is 6. The molecule has 26 heavy (non-hydrogen) atoms. The Balaban J connectivity index is 1.48. The first-order valence-electron chi connectivity index (χ1n) is 8.42. The number of nitrogens with zero attached hydrogens (tertiary/aromatic N) is 1. The van der Waals surface area contributed by atoms with Gasteiger partial charge in [0.05, 0.1) is 6.10 Å². The van der Waals surface area contributed by atoms with Crippen LogP contribution in [0, 0.1) is 0 Å². The van der Waals surface area contributed by atoms with E-state index in [-0.39, 0.29) is 12.7 Å². The minimum absolute atomic E-state index is 0.143. The molecule has 138 valence electrons. The molecule has 3 heterocycles. The molecule has 5 N–H and O–H groups in total. The number of halogens is 1. The second-order valence-corrected chi connectivity index (χ2v) is 6.57. The summed E-state index contributed by atoms with van der Waals surface area (Å²) in [6.07, 6.45) is 2.24. The lowest BCUT2D eigenvalue weighted by atomic mass is 10.2. The Hall–Kier alpha value is -2.42. The SMILES string of the molecule is Nc1cc(OCc2cc(Cl)ccc2OCC2CCCO2)c2c(n1)NNN2. The van der Waals surface area contributed by atoms with Gasteiger partial charge in [0.2, 0.25) is 0 Å². The van der Waals surface area contributed by atoms with Crippen LogP contribution in [0.2, 0.25) is 5.02 Å². The van der Waals surface area contributed by atoms with Crippen LogP contribution in [0.15, 0.2) is 24.3 Å². The van der Waals surface area contributed by atoms with Gasteiger partial charge in [-0.3, -0.25) is 10.9 Å². The van der Waals surface area contributed by atoms with Gasteiger partial charge in [0, 0.05) is 23.3 Å². The molecular weight excluding hydrogens is 358 g/mol. The van der Waals surface area contributed by atoms with E-state index < -0.39 is 0 Å². The van der Waals surface area contributed by atoms with E-state index in [2.05, 4.69) is 21.4 Å². The van der Waals surface area contributed by atoms with Crippen LogP contribution in [-0.2, 0) is 11.3 Å². The third kappa shape index (κ3) is 3.72. The monoisotopic (exact) mass is 377 g/mol. The van der Waals surface area contributed by atoms with Crippen LogP contribution >= 0.6 is 11.6 Å². The largest absolute Gasteiger partial charge is 0.490 e. The standard InChI is InChI=1S/C17H20ClN5O3/c18-11-3-4-13(26-9-12-2-1-5-24-12)10(6-11)8-25-14-7-15(19)20-17-16(14)21-23-22-17/h3-4,6-7,12,21,23H,1-2,5,8-9H2,(H3,19,20,22). The van der Waals surface area contributed by atoms with E-state index in [0.29, 0.717) is 34.7 Å². The Bertz CT molecular complexity index is 798. The van der Waals surface area contributed by atoms with E-state index in [4.69, 9.17) is 31.5 Å². The van der Waals surface area contributed by atoms with Crippen molar-refractivity contribution in [2.45, 2.75) is 25.6 Å². The van der Waals surface area contributed by atoms with Crippen LogP contribution in [0.25, 0.3) is 0 Å². The summed E-state index contributed by atoms with van der Waals surface area (Å²) in [5, 5.41) is 0.619. The highest BCUT2D eigenvalue weighted by atomic mass is 35.5. The van der Waals surface area contributed by atoms with Crippen LogP contribution in [0.5, 0.6) is 11.5 Å². The van der Waals surface area contributed by atoms with Gasteiger partial charge in [0.1, 0.15) is 30.5 Å². The Morgan fingerprint density at radius 3 is 3.00 bits per heavy atom. The van der Waals surface area contributed by atoms with Crippen molar-refractivity contribution in [3.8, 4) is 11.5 Å². The molecule has 1 saturated heterocycles. The molecule has 0 saturated carbocycles. The van der Waals surface area contributed by atoms with Crippen molar-refractivity contribution in [1.82, 2.24) is 10.5 Å². The molecular formula is C17H20ClN5O3. The van der Waals surface area contributed by atoms with Gasteiger partial charge in [-0.05, 0) is 31.0 Å². The van der Waals surface area contributed by atoms with E-state index in [1.165, 1.54) is 0 Å². The third-order valence-corrected chi connectivity index (χ3v) is 4.46. The van der Waals surface area contributed by atoms with Crippen molar-refractivity contribution in [2.75, 3.05) is 29.8 Å². The molecule has 0 aliphatic carbocycles. The summed E-state index contributed by atoms with van der Waals surface area (Å²) < 4.78 is 17.5. The number of nitrogen functional groups attached to an aromatic ring is 1. The molecule has 2 aliphatic rings. The Morgan fingerprint density at radius 1 is 1.23 bits per heavy atom. The maximum Gasteiger partial charge on any atom is 0.172 e. The maximum atomic E-state index is 6.15. The Labute approximate surface area is 155 Å². The van der Waals surface area contributed by atoms with E-state index in [1.54, 1.807) is 12.1 Å². The number of anilines is 3. The van der Waals surface area contributed by atoms with Crippen LogP contribution < -0.4 is 31.6 Å². The number of ether oxygens (including phenoxy) is 3. The molecule has 1 atom stereocenters. The molecule has 1 aromatic heterocycles. The fraction of sp³-hybridized carbons (Fsp3) is 0.353. The lowest BCUT2D eigenvalue weighted by Gasteiger charge is -2.16. The van der Waals surface area contributed by atoms with Crippen LogP contribution in [0.3, 0.4) is 0 Å². The number of hydrogen-bond donors (Lipinski definition) is 4. The second kappa shape index (κ2) is 7.45. The highest BCUT2D eigenvalue weighted by Crippen LogP contribution is 2.35. The van der Waals surface area contributed by atoms with Crippen molar-refractivity contribution >= 4 is 28.9 Å². The van der Waals surface area contributed by atoms with Gasteiger partial charge < -0.3 is 19.9 Å². The van der Waals surface area contributed by atoms with E-state index in [0.717, 1.165) is 30.8 Å². The van der Waals surface area contributed by atoms with Crippen molar-refractivity contribution in [3.05, 3.63) is 34.9 Å². The number of benzene rings is 1. The van der Waals surface area contributed by atoms with Crippen molar-refractivity contribution in [3.63, 3.8) is 0 Å². The quantitative estimate of drug-likeness (QED) is 0.609. The number of nitrogens with two attached hydrogens (primary N) is 1. The Morgan fingerprint density at radius 2 is 2.15 bits per heavy atom. The minimum atomic E-state index is 0.143. The summed E-state index contributed by atoms with van der Waals surface area (Å²) in [7, 11) is 0. The van der Waals surface area contributed by atoms with Crippen LogP contribution in [0.4, 0.5) is 17.3 Å². The third-order valence-electron chi connectivity index (χ3n) is 4.23. The summed E-state index contributed by atoms with van der Waals surface area (Å²) >= 11 is 6.15. The van der Waals surface area contributed by atoms with Crippen molar-refractivity contribution in [2.24, 2.45) is 0 Å². The molecule has 2 aromatic rings. The molecule has 0 amide bonds. The van der Waals surface area contributed by atoms with E-state index in [1.807, 2.05) is 12.1 Å². The highest BCUT2D eigenvalue weighted by molar-refractivity contribution is 6.30. The molecule has 9 heteroatoms. The van der Waals surface area contributed by atoms with E-state index in [9.17, 15) is 0 Å². The molecule has 1 unspecified atom stereocenters. The van der Waals surface area contributed by atoms with Gasteiger partial charge in [-0.1, -0.05) is 11.6 Å². The summed E-state index contributed by atoms with van der Waals surface area (Å²) in [4.78, 5) is 4.18. The number of fused-ring (bicyclic) bond motifs is 1. The highest BCUT2D eigenvalue weighted by Gasteiger charge is 2.19. The van der Waals surface area contributed by atoms with Crippen LogP contribution in [-0.4, -0.2) is 24.3 Å². The smallest absolute Gasteiger partial charge is 0.172 e. The average Bonchev–Trinajstić information content (AvgIpc) is 3.30. The topological polar surface area (TPSA) is 103 Å². The molecule has 0 radical (unpaired) electrons. The summed E-state index contributed by atoms with van der Waals surface area (Å²) in [5.74, 6) is 2.25. The van der Waals surface area contributed by atoms with Gasteiger partial charge in [0.15, 0.2) is 11.6 Å². The number of hydrogen-bond acceptors (Lipinski definition) is 8. The van der Waals surface area contributed by atoms with Crippen LogP contribution in [0.1, 0.15) is 18.4 Å². The lowest BCUT2D eigenvalue weighted by Crippen LogP contribution is -2.19. The van der Waals surface area contributed by atoms with Gasteiger partial charge in [0.25, 0.3) is 0 Å². The van der Waals surface area contributed by atoms with Crippen molar-refractivity contribution < 1.29 is 14.2 Å². The predicted octanol–water partition coefficient (Wildman–Crippen LogP) is 2.71. The summed E-state index contributed by atoms with van der Waals surface area (Å²) in [6.45, 7) is 1.59. The fourth-order valence-electron chi connectivity index (χ4n) is 2.93. The first-order chi connectivity index (χ1) is 12.7. The molecule has 8 nitrogen and oxygen atoms in total. The summed E-state index contributed by atoms with van der Waals surface area (Å²) in [6, 6.07) is 7.15. The number of nitrogens with one attached hydrogen (secondary N) is 3. The van der Waals surface area contributed by atoms with E-state index >= 15 is 0 Å². The number of pyridine rings is 1. The minimum Gasteiger partial charge on any atom is -0.490 e. The zero-order valence-electron chi connectivity index (χ0n) is 14.0. The zero-order valence-corrected chi connectivity index (χ0v) is 14.8. The lowest BCUT2D eigenvalue weighted by molar-refractivity contribution is 0.0672. The maximum absolute atomic E-state index is 6.15. The number of hydrazine groups is 2. The molecule has 1 fully saturated rings. The predicted molar refractivity (Wildman–Crippen MR) is 99.3 cm³/mol. The molecule has 2 aliphatic heterocycles. The van der Waals surface area contributed by atoms with Gasteiger partial charge in [-0.15, -0.1) is 5.53 Å². The van der Waals surface area contributed by atoms with Gasteiger partial charge in [-0.2, -0.15) is 0 Å². The molecule has 0 bridgehead atoms. The van der Waals surface area contributed by atoms with Crippen molar-refractivity contribution in [1.29, 1.82) is 0 Å². The van der Waals surface area contributed by atoms with Gasteiger partial charge >= 0.3 is 0 Å².